The van der Waals surface area contributed by atoms with Crippen molar-refractivity contribution in [2.45, 2.75) is 96.0 Å². The van der Waals surface area contributed by atoms with E-state index in [1.807, 2.05) is 13.0 Å². The fraction of sp³-hybridized carbons (Fsp3) is 0.486. The number of hydrogen-bond donors (Lipinski definition) is 4. The van der Waals surface area contributed by atoms with Crippen LogP contribution in [0.25, 0.3) is 5.70 Å². The lowest BCUT2D eigenvalue weighted by Gasteiger charge is -2.35. The smallest absolute Gasteiger partial charge is 0.407 e. The minimum Gasteiger partial charge on any atom is -0.449 e. The SMILES string of the molecule is CCC[C@H](NC(=O)[C@@H]1C[C@]2(C=C(c3cccc(Cl)c3)NO2)CN1C(=O)[C@@H](NC(=O)OCCc1ccc(F)cc1)C(C)(C)C)C(=O)C(=O)NC1CC1. The molecule has 4 amide bonds. The van der Waals surface area contributed by atoms with Gasteiger partial charge in [-0.15, -0.1) is 0 Å². The van der Waals surface area contributed by atoms with Crippen LogP contribution in [0.5, 0.6) is 0 Å². The molecule has 2 fully saturated rings. The Morgan fingerprint density at radius 3 is 2.47 bits per heavy atom. The first-order chi connectivity index (χ1) is 24.2. The largest absolute Gasteiger partial charge is 0.449 e. The van der Waals surface area contributed by atoms with Crippen molar-refractivity contribution in [2.24, 2.45) is 5.41 Å². The van der Waals surface area contributed by atoms with E-state index in [9.17, 15) is 28.4 Å². The van der Waals surface area contributed by atoms with E-state index in [4.69, 9.17) is 21.2 Å². The third-order valence-corrected chi connectivity index (χ3v) is 9.34. The summed E-state index contributed by atoms with van der Waals surface area (Å²) in [5, 5.41) is 8.63. The molecular formula is C37H45ClFN5O7. The zero-order valence-corrected chi connectivity index (χ0v) is 30.0. The van der Waals surface area contributed by atoms with Crippen LogP contribution in [0.3, 0.4) is 0 Å². The quantitative estimate of drug-likeness (QED) is 0.224. The van der Waals surface area contributed by atoms with Crippen LogP contribution in [0.2, 0.25) is 5.02 Å². The molecule has 274 valence electrons. The number of ketones is 1. The Kier molecular flexibility index (Phi) is 11.7. The number of nitrogens with zero attached hydrogens (tertiary/aromatic N) is 1. The van der Waals surface area contributed by atoms with E-state index in [0.29, 0.717) is 23.6 Å². The Morgan fingerprint density at radius 1 is 1.10 bits per heavy atom. The summed E-state index contributed by atoms with van der Waals surface area (Å²) in [7, 11) is 0. The van der Waals surface area contributed by atoms with E-state index in [1.54, 1.807) is 57.2 Å². The van der Waals surface area contributed by atoms with Gasteiger partial charge in [0.05, 0.1) is 24.9 Å². The van der Waals surface area contributed by atoms with Gasteiger partial charge in [0, 0.05) is 29.5 Å². The number of alkyl carbamates (subject to hydrolysis) is 1. The van der Waals surface area contributed by atoms with Crippen molar-refractivity contribution in [1.82, 2.24) is 26.3 Å². The second kappa shape index (κ2) is 15.8. The normalized spacial score (nSPS) is 20.9. The predicted octanol–water partition coefficient (Wildman–Crippen LogP) is 4.21. The molecule has 1 spiro atoms. The molecule has 4 atom stereocenters. The molecule has 0 bridgehead atoms. The van der Waals surface area contributed by atoms with Gasteiger partial charge >= 0.3 is 6.09 Å². The Labute approximate surface area is 301 Å². The Balaban J connectivity index is 1.37. The highest BCUT2D eigenvalue weighted by atomic mass is 35.5. The first-order valence-corrected chi connectivity index (χ1v) is 17.6. The van der Waals surface area contributed by atoms with Gasteiger partial charge in [-0.25, -0.2) is 9.18 Å². The number of ether oxygens (including phenoxy) is 1. The molecule has 2 aromatic carbocycles. The van der Waals surface area contributed by atoms with Crippen molar-refractivity contribution in [3.05, 3.63) is 76.6 Å². The maximum Gasteiger partial charge on any atom is 0.407 e. The van der Waals surface area contributed by atoms with Crippen molar-refractivity contribution in [1.29, 1.82) is 0 Å². The molecule has 0 aromatic heterocycles. The van der Waals surface area contributed by atoms with Crippen molar-refractivity contribution in [3.8, 4) is 0 Å². The van der Waals surface area contributed by atoms with Gasteiger partial charge in [0.1, 0.15) is 23.5 Å². The van der Waals surface area contributed by atoms with Gasteiger partial charge < -0.3 is 25.6 Å². The van der Waals surface area contributed by atoms with Crippen LogP contribution < -0.4 is 21.4 Å². The van der Waals surface area contributed by atoms with Gasteiger partial charge in [-0.1, -0.05) is 70.0 Å². The molecule has 0 radical (unpaired) electrons. The summed E-state index contributed by atoms with van der Waals surface area (Å²) >= 11 is 6.23. The van der Waals surface area contributed by atoms with E-state index in [0.717, 1.165) is 24.0 Å². The second-order valence-electron chi connectivity index (χ2n) is 14.4. The fourth-order valence-corrected chi connectivity index (χ4v) is 6.37. The van der Waals surface area contributed by atoms with Crippen LogP contribution in [-0.4, -0.2) is 77.4 Å². The average Bonchev–Trinajstić information content (AvgIpc) is 3.67. The summed E-state index contributed by atoms with van der Waals surface area (Å²) in [5.74, 6) is -3.06. The van der Waals surface area contributed by atoms with Gasteiger partial charge in [-0.2, -0.15) is 0 Å². The van der Waals surface area contributed by atoms with Gasteiger partial charge in [0.15, 0.2) is 0 Å². The molecule has 1 saturated heterocycles. The third kappa shape index (κ3) is 9.65. The molecule has 2 aliphatic heterocycles. The monoisotopic (exact) mass is 725 g/mol. The Hall–Kier alpha value is -4.49. The van der Waals surface area contributed by atoms with Crippen LogP contribution in [0.1, 0.15) is 70.9 Å². The first-order valence-electron chi connectivity index (χ1n) is 17.2. The fourth-order valence-electron chi connectivity index (χ4n) is 6.18. The number of nitrogens with one attached hydrogen (secondary N) is 4. The molecule has 1 aliphatic carbocycles. The lowest BCUT2D eigenvalue weighted by Crippen LogP contribution is -2.59. The van der Waals surface area contributed by atoms with Gasteiger partial charge in [-0.05, 0) is 60.6 Å². The molecule has 2 heterocycles. The van der Waals surface area contributed by atoms with Crippen LogP contribution in [0, 0.1) is 11.2 Å². The lowest BCUT2D eigenvalue weighted by atomic mass is 9.85. The van der Waals surface area contributed by atoms with Gasteiger partial charge in [0.25, 0.3) is 5.91 Å². The minimum atomic E-state index is -1.15. The Bertz CT molecular complexity index is 1680. The van der Waals surface area contributed by atoms with E-state index >= 15 is 0 Å². The molecule has 12 nitrogen and oxygen atoms in total. The topological polar surface area (TPSA) is 155 Å². The highest BCUT2D eigenvalue weighted by molar-refractivity contribution is 6.38. The number of carbonyl (C=O) groups excluding carboxylic acids is 5. The minimum absolute atomic E-state index is 0.0157. The zero-order valence-electron chi connectivity index (χ0n) is 29.2. The Morgan fingerprint density at radius 2 is 1.82 bits per heavy atom. The maximum absolute atomic E-state index is 14.5. The molecule has 51 heavy (non-hydrogen) atoms. The van der Waals surface area contributed by atoms with Gasteiger partial charge in [-0.3, -0.25) is 29.5 Å². The average molecular weight is 726 g/mol. The second-order valence-corrected chi connectivity index (χ2v) is 14.9. The van der Waals surface area contributed by atoms with Crippen molar-refractivity contribution >= 4 is 46.9 Å². The van der Waals surface area contributed by atoms with Gasteiger partial charge in [0.2, 0.25) is 17.6 Å². The van der Waals surface area contributed by atoms with Crippen LogP contribution in [0.4, 0.5) is 9.18 Å². The zero-order chi connectivity index (χ0) is 36.9. The standard InChI is InChI=1S/C37H45ClFN5O7/c1-5-7-27(30(45)33(47)40-26-14-15-26)41-32(46)29-20-37(19-28(43-51-37)23-8-6-9-24(38)18-23)21-44(29)34(48)31(36(2,3)4)42-35(49)50-17-16-22-10-12-25(39)13-11-22/h6,8-13,18-19,26-27,29,31,43H,5,7,14-17,20-21H2,1-4H3,(H,40,47)(H,41,46)(H,42,49)/t27-,29-,31+,37+/m0/s1. The molecule has 0 unspecified atom stereocenters. The number of Topliss-reactive ketones (excluding diaryl/α,β-unsaturated/α-hetero) is 1. The number of hydrogen-bond acceptors (Lipinski definition) is 8. The molecule has 2 aromatic rings. The van der Waals surface area contributed by atoms with E-state index in [1.165, 1.54) is 17.0 Å². The number of rotatable bonds is 13. The number of hydroxylamine groups is 1. The van der Waals surface area contributed by atoms with Crippen LogP contribution in [-0.2, 0) is 35.2 Å². The number of halogens is 2. The third-order valence-electron chi connectivity index (χ3n) is 9.11. The highest BCUT2D eigenvalue weighted by Crippen LogP contribution is 2.39. The molecule has 5 rings (SSSR count). The van der Waals surface area contributed by atoms with Crippen LogP contribution >= 0.6 is 11.6 Å². The first kappa shape index (κ1) is 37.8. The number of likely N-dealkylation sites (tertiary alicyclic amines) is 1. The van der Waals surface area contributed by atoms with E-state index < -0.39 is 58.7 Å². The number of amides is 4. The van der Waals surface area contributed by atoms with E-state index in [-0.39, 0.29) is 37.9 Å². The van der Waals surface area contributed by atoms with Crippen molar-refractivity contribution in [3.63, 3.8) is 0 Å². The van der Waals surface area contributed by atoms with E-state index in [2.05, 4.69) is 21.4 Å². The molecule has 14 heteroatoms. The molecule has 4 N–H and O–H groups in total. The summed E-state index contributed by atoms with van der Waals surface area (Å²) in [6, 6.07) is 9.54. The molecule has 3 aliphatic rings. The summed E-state index contributed by atoms with van der Waals surface area (Å²) in [6.07, 6.45) is 3.65. The summed E-state index contributed by atoms with van der Waals surface area (Å²) in [5.41, 5.74) is 3.03. The van der Waals surface area contributed by atoms with Crippen molar-refractivity contribution in [2.75, 3.05) is 13.2 Å². The van der Waals surface area contributed by atoms with Crippen LogP contribution in [0.15, 0.2) is 54.6 Å². The maximum atomic E-state index is 14.5. The summed E-state index contributed by atoms with van der Waals surface area (Å²) < 4.78 is 18.7. The summed E-state index contributed by atoms with van der Waals surface area (Å²) in [4.78, 5) is 74.8. The molecular weight excluding hydrogens is 681 g/mol. The van der Waals surface area contributed by atoms with Crippen molar-refractivity contribution < 1.29 is 37.9 Å². The number of benzene rings is 2. The number of carbonyl (C=O) groups is 5. The summed E-state index contributed by atoms with van der Waals surface area (Å²) in [6.45, 7) is 7.07. The molecule has 1 saturated carbocycles. The predicted molar refractivity (Wildman–Crippen MR) is 187 cm³/mol. The highest BCUT2D eigenvalue weighted by Gasteiger charge is 2.54. The lowest BCUT2D eigenvalue weighted by molar-refractivity contribution is -0.144.